The molecular weight excluding hydrogens is 368 g/mol. The molecule has 0 N–H and O–H groups in total. The molecule has 0 fully saturated rings. The van der Waals surface area contributed by atoms with Crippen LogP contribution in [0.2, 0.25) is 0 Å². The van der Waals surface area contributed by atoms with Gasteiger partial charge in [0.2, 0.25) is 5.88 Å². The van der Waals surface area contributed by atoms with Crippen molar-refractivity contribution in [1.29, 1.82) is 0 Å². The number of ether oxygens (including phenoxy) is 2. The van der Waals surface area contributed by atoms with Gasteiger partial charge in [-0.15, -0.1) is 22.5 Å². The maximum atomic E-state index is 12.4. The molecule has 2 aromatic rings. The van der Waals surface area contributed by atoms with Crippen LogP contribution in [-0.2, 0) is 16.1 Å². The third kappa shape index (κ3) is 6.02. The summed E-state index contributed by atoms with van der Waals surface area (Å²) in [4.78, 5) is 41.9. The lowest BCUT2D eigenvalue weighted by molar-refractivity contribution is -0.757. The van der Waals surface area contributed by atoms with Crippen LogP contribution in [0.5, 0.6) is 11.6 Å². The molecule has 0 saturated heterocycles. The van der Waals surface area contributed by atoms with Gasteiger partial charge in [0.15, 0.2) is 0 Å². The molecule has 2 rings (SSSR count). The molecule has 0 aliphatic heterocycles. The molecule has 0 unspecified atom stereocenters. The molecule has 0 atom stereocenters. The largest absolute Gasteiger partial charge is 0.426 e. The molecule has 10 heteroatoms. The third-order valence-corrected chi connectivity index (χ3v) is 2.97. The van der Waals surface area contributed by atoms with E-state index in [9.17, 15) is 19.7 Å². The van der Waals surface area contributed by atoms with E-state index in [2.05, 4.69) is 9.82 Å². The number of aromatic nitrogens is 1. The molecule has 0 radical (unpaired) electrons. The standard InChI is InChI=1S/C16H14N2O7.ClH/c1-11(19)24-14-7-3-2-6-13(14)16(20)25-15-12(5-4-9-17-15)8-10-23-18(21)22;/h2-7,9H,8,10H2,1H3;1H. The molecule has 0 amide bonds. The Morgan fingerprint density at radius 3 is 2.58 bits per heavy atom. The first kappa shape index (κ1) is 20.8. The topological polar surface area (TPSA) is 118 Å². The fraction of sp³-hybridized carbons (Fsp3) is 0.188. The molecule has 138 valence electrons. The number of rotatable bonds is 7. The van der Waals surface area contributed by atoms with E-state index in [0.29, 0.717) is 5.56 Å². The SMILES string of the molecule is CC(=O)Oc1ccccc1C(=O)Oc1ncccc1CCO[N+](=O)[O-].Cl. The number of hydrogen-bond acceptors (Lipinski definition) is 8. The fourth-order valence-electron chi connectivity index (χ4n) is 1.96. The number of carbonyl (C=O) groups excluding carboxylic acids is 2. The molecule has 26 heavy (non-hydrogen) atoms. The number of para-hydroxylation sites is 1. The van der Waals surface area contributed by atoms with Crippen LogP contribution < -0.4 is 9.47 Å². The Balaban J connectivity index is 0.00000338. The van der Waals surface area contributed by atoms with E-state index in [1.165, 1.54) is 25.3 Å². The number of nitrogens with zero attached hydrogens (tertiary/aromatic N) is 2. The smallest absolute Gasteiger partial charge is 0.348 e. The summed E-state index contributed by atoms with van der Waals surface area (Å²) in [7, 11) is 0. The normalized spacial score (nSPS) is 9.58. The second kappa shape index (κ2) is 9.94. The Morgan fingerprint density at radius 1 is 1.15 bits per heavy atom. The highest BCUT2D eigenvalue weighted by Crippen LogP contribution is 2.22. The maximum Gasteiger partial charge on any atom is 0.348 e. The van der Waals surface area contributed by atoms with Gasteiger partial charge in [0.1, 0.15) is 17.9 Å². The predicted octanol–water partition coefficient (Wildman–Crippen LogP) is 2.40. The molecule has 0 bridgehead atoms. The Morgan fingerprint density at radius 2 is 1.88 bits per heavy atom. The molecule has 9 nitrogen and oxygen atoms in total. The van der Waals surface area contributed by atoms with Gasteiger partial charge in [0.25, 0.3) is 5.09 Å². The minimum atomic E-state index is -0.905. The van der Waals surface area contributed by atoms with Crippen molar-refractivity contribution in [3.05, 3.63) is 63.8 Å². The zero-order valence-electron chi connectivity index (χ0n) is 13.6. The average molecular weight is 383 g/mol. The molecule has 0 saturated carbocycles. The van der Waals surface area contributed by atoms with Crippen molar-refractivity contribution in [2.24, 2.45) is 0 Å². The van der Waals surface area contributed by atoms with Gasteiger partial charge in [-0.25, -0.2) is 9.78 Å². The van der Waals surface area contributed by atoms with Crippen molar-refractivity contribution in [3.8, 4) is 11.6 Å². The van der Waals surface area contributed by atoms with E-state index < -0.39 is 17.0 Å². The molecular formula is C16H15ClN2O7. The quantitative estimate of drug-likeness (QED) is 0.310. The summed E-state index contributed by atoms with van der Waals surface area (Å²) in [6.45, 7) is 1.02. The summed E-state index contributed by atoms with van der Waals surface area (Å²) >= 11 is 0. The average Bonchev–Trinajstić information content (AvgIpc) is 2.56. The van der Waals surface area contributed by atoms with Gasteiger partial charge in [-0.3, -0.25) is 4.79 Å². The summed E-state index contributed by atoms with van der Waals surface area (Å²) in [5, 5.41) is 9.30. The Bertz CT molecular complexity index is 798. The molecule has 0 aliphatic carbocycles. The van der Waals surface area contributed by atoms with Crippen LogP contribution in [0.1, 0.15) is 22.8 Å². The van der Waals surface area contributed by atoms with Crippen LogP contribution >= 0.6 is 12.4 Å². The highest BCUT2D eigenvalue weighted by molar-refractivity contribution is 5.94. The van der Waals surface area contributed by atoms with Gasteiger partial charge in [-0.2, -0.15) is 0 Å². The van der Waals surface area contributed by atoms with E-state index >= 15 is 0 Å². The first-order valence-electron chi connectivity index (χ1n) is 7.18. The molecule has 1 heterocycles. The van der Waals surface area contributed by atoms with Crippen molar-refractivity contribution in [1.82, 2.24) is 4.98 Å². The lowest BCUT2D eigenvalue weighted by atomic mass is 10.2. The molecule has 1 aromatic carbocycles. The van der Waals surface area contributed by atoms with E-state index in [1.807, 2.05) is 0 Å². The first-order chi connectivity index (χ1) is 12.0. The number of esters is 2. The van der Waals surface area contributed by atoms with E-state index in [1.54, 1.807) is 24.3 Å². The second-order valence-electron chi connectivity index (χ2n) is 4.75. The first-order valence-corrected chi connectivity index (χ1v) is 7.18. The van der Waals surface area contributed by atoms with Crippen molar-refractivity contribution in [2.75, 3.05) is 6.61 Å². The summed E-state index contributed by atoms with van der Waals surface area (Å²) in [6.07, 6.45) is 1.54. The van der Waals surface area contributed by atoms with Gasteiger partial charge >= 0.3 is 11.9 Å². The van der Waals surface area contributed by atoms with E-state index in [4.69, 9.17) is 9.47 Å². The lowest BCUT2D eigenvalue weighted by Gasteiger charge is -2.10. The third-order valence-electron chi connectivity index (χ3n) is 2.97. The van der Waals surface area contributed by atoms with Crippen molar-refractivity contribution < 1.29 is 29.0 Å². The van der Waals surface area contributed by atoms with Crippen LogP contribution in [0.3, 0.4) is 0 Å². The summed E-state index contributed by atoms with van der Waals surface area (Å²) in [5.74, 6) is -1.28. The van der Waals surface area contributed by atoms with Crippen molar-refractivity contribution in [3.63, 3.8) is 0 Å². The Hall–Kier alpha value is -3.20. The van der Waals surface area contributed by atoms with Gasteiger partial charge in [-0.05, 0) is 18.2 Å². The highest BCUT2D eigenvalue weighted by Gasteiger charge is 2.18. The predicted molar refractivity (Wildman–Crippen MR) is 90.8 cm³/mol. The van der Waals surface area contributed by atoms with Crippen LogP contribution in [0, 0.1) is 10.1 Å². The highest BCUT2D eigenvalue weighted by atomic mass is 35.5. The Kier molecular flexibility index (Phi) is 7.97. The van der Waals surface area contributed by atoms with Gasteiger partial charge in [0, 0.05) is 25.1 Å². The summed E-state index contributed by atoms with van der Waals surface area (Å²) < 4.78 is 10.2. The van der Waals surface area contributed by atoms with Gasteiger partial charge < -0.3 is 14.3 Å². The summed E-state index contributed by atoms with van der Waals surface area (Å²) in [6, 6.07) is 9.31. The van der Waals surface area contributed by atoms with Crippen LogP contribution in [0.25, 0.3) is 0 Å². The maximum absolute atomic E-state index is 12.4. The Labute approximate surface area is 154 Å². The molecule has 0 aliphatic rings. The van der Waals surface area contributed by atoms with E-state index in [-0.39, 0.29) is 42.6 Å². The molecule has 0 spiro atoms. The van der Waals surface area contributed by atoms with Gasteiger partial charge in [0.05, 0.1) is 0 Å². The zero-order chi connectivity index (χ0) is 18.2. The lowest BCUT2D eigenvalue weighted by Crippen LogP contribution is -2.14. The monoisotopic (exact) mass is 382 g/mol. The zero-order valence-corrected chi connectivity index (χ0v) is 14.4. The fourth-order valence-corrected chi connectivity index (χ4v) is 1.96. The van der Waals surface area contributed by atoms with Crippen molar-refractivity contribution in [2.45, 2.75) is 13.3 Å². The number of halogens is 1. The number of benzene rings is 1. The molecule has 1 aromatic heterocycles. The second-order valence-corrected chi connectivity index (χ2v) is 4.75. The number of carbonyl (C=O) groups is 2. The van der Waals surface area contributed by atoms with Crippen LogP contribution in [0.4, 0.5) is 0 Å². The van der Waals surface area contributed by atoms with E-state index in [0.717, 1.165) is 0 Å². The minimum absolute atomic E-state index is 0. The summed E-state index contributed by atoms with van der Waals surface area (Å²) in [5.41, 5.74) is 0.513. The number of hydrogen-bond donors (Lipinski definition) is 0. The van der Waals surface area contributed by atoms with Crippen molar-refractivity contribution >= 4 is 24.3 Å². The minimum Gasteiger partial charge on any atom is -0.426 e. The van der Waals surface area contributed by atoms with Crippen LogP contribution in [-0.4, -0.2) is 28.6 Å². The van der Waals surface area contributed by atoms with Crippen LogP contribution in [0.15, 0.2) is 42.6 Å². The van der Waals surface area contributed by atoms with Gasteiger partial charge in [-0.1, -0.05) is 18.2 Å². The number of pyridine rings is 1.